The lowest BCUT2D eigenvalue weighted by atomic mass is 10.2. The second-order valence-electron chi connectivity index (χ2n) is 6.51. The van der Waals surface area contributed by atoms with Crippen molar-refractivity contribution >= 4 is 33.6 Å². The maximum Gasteiger partial charge on any atom is 0.244 e. The van der Waals surface area contributed by atoms with E-state index in [1.807, 2.05) is 6.26 Å². The van der Waals surface area contributed by atoms with E-state index < -0.39 is 32.7 Å². The number of nitrogens with one attached hydrogen (secondary N) is 2. The van der Waals surface area contributed by atoms with Crippen LogP contribution in [0.2, 0.25) is 0 Å². The molecule has 1 aliphatic heterocycles. The zero-order valence-electron chi connectivity index (χ0n) is 15.8. The quantitative estimate of drug-likeness (QED) is 0.583. The summed E-state index contributed by atoms with van der Waals surface area (Å²) in [5.74, 6) is -0.881. The van der Waals surface area contributed by atoms with Crippen molar-refractivity contribution in [2.24, 2.45) is 0 Å². The van der Waals surface area contributed by atoms with E-state index in [4.69, 9.17) is 0 Å². The van der Waals surface area contributed by atoms with E-state index in [-0.39, 0.29) is 25.3 Å². The SMILES string of the molecule is CSCC[C@H](NS(=O)(=O)c1ccccc1F)C(=O)NCCC(=O)N1CCCC1. The zero-order chi connectivity index (χ0) is 20.6. The summed E-state index contributed by atoms with van der Waals surface area (Å²) < 4.78 is 41.1. The Morgan fingerprint density at radius 2 is 1.93 bits per heavy atom. The van der Waals surface area contributed by atoms with Crippen LogP contribution in [0.25, 0.3) is 0 Å². The highest BCUT2D eigenvalue weighted by atomic mass is 32.2. The predicted molar refractivity (Wildman–Crippen MR) is 107 cm³/mol. The van der Waals surface area contributed by atoms with E-state index in [1.54, 1.807) is 4.90 Å². The third-order valence-corrected chi connectivity index (χ3v) is 6.60. The number of likely N-dealkylation sites (tertiary alicyclic amines) is 1. The van der Waals surface area contributed by atoms with Crippen LogP contribution in [0.5, 0.6) is 0 Å². The van der Waals surface area contributed by atoms with Gasteiger partial charge in [0.05, 0.1) is 0 Å². The Morgan fingerprint density at radius 3 is 2.57 bits per heavy atom. The van der Waals surface area contributed by atoms with Gasteiger partial charge in [0.2, 0.25) is 21.8 Å². The average Bonchev–Trinajstić information content (AvgIpc) is 3.20. The summed E-state index contributed by atoms with van der Waals surface area (Å²) in [5.41, 5.74) is 0. The van der Waals surface area contributed by atoms with E-state index in [9.17, 15) is 22.4 Å². The van der Waals surface area contributed by atoms with Crippen LogP contribution >= 0.6 is 11.8 Å². The summed E-state index contributed by atoms with van der Waals surface area (Å²) in [6.45, 7) is 1.61. The Hall–Kier alpha value is -1.65. The fraction of sp³-hybridized carbons (Fsp3) is 0.556. The normalized spacial score (nSPS) is 15.4. The van der Waals surface area contributed by atoms with Crippen molar-refractivity contribution in [2.45, 2.75) is 36.6 Å². The summed E-state index contributed by atoms with van der Waals surface area (Å²) in [6.07, 6.45) is 4.25. The molecule has 2 amide bonds. The van der Waals surface area contributed by atoms with Gasteiger partial charge in [0.25, 0.3) is 0 Å². The van der Waals surface area contributed by atoms with Crippen LogP contribution in [0.3, 0.4) is 0 Å². The molecule has 28 heavy (non-hydrogen) atoms. The summed E-state index contributed by atoms with van der Waals surface area (Å²) in [6, 6.07) is 3.96. The Labute approximate surface area is 169 Å². The van der Waals surface area contributed by atoms with E-state index >= 15 is 0 Å². The molecule has 0 spiro atoms. The number of carbonyl (C=O) groups excluding carboxylic acids is 2. The summed E-state index contributed by atoms with van der Waals surface area (Å²) in [7, 11) is -4.19. The Morgan fingerprint density at radius 1 is 1.25 bits per heavy atom. The number of benzene rings is 1. The van der Waals surface area contributed by atoms with Gasteiger partial charge in [-0.25, -0.2) is 12.8 Å². The fourth-order valence-electron chi connectivity index (χ4n) is 2.93. The van der Waals surface area contributed by atoms with Crippen LogP contribution in [-0.4, -0.2) is 62.8 Å². The molecule has 1 fully saturated rings. The molecule has 0 saturated carbocycles. The van der Waals surface area contributed by atoms with Crippen LogP contribution in [0, 0.1) is 5.82 Å². The number of sulfonamides is 1. The minimum absolute atomic E-state index is 0.0228. The van der Waals surface area contributed by atoms with Crippen LogP contribution in [0.15, 0.2) is 29.2 Å². The molecule has 0 aromatic heterocycles. The molecule has 0 aliphatic carbocycles. The maximum atomic E-state index is 13.9. The second-order valence-corrected chi connectivity index (χ2v) is 9.18. The smallest absolute Gasteiger partial charge is 0.244 e. The van der Waals surface area contributed by atoms with Crippen molar-refractivity contribution in [1.29, 1.82) is 0 Å². The number of nitrogens with zero attached hydrogens (tertiary/aromatic N) is 1. The summed E-state index contributed by atoms with van der Waals surface area (Å²) in [4.78, 5) is 25.8. The van der Waals surface area contributed by atoms with Crippen molar-refractivity contribution in [1.82, 2.24) is 14.9 Å². The van der Waals surface area contributed by atoms with Gasteiger partial charge in [-0.2, -0.15) is 16.5 Å². The first-order valence-corrected chi connectivity index (χ1v) is 12.0. The first kappa shape index (κ1) is 22.6. The van der Waals surface area contributed by atoms with Crippen molar-refractivity contribution in [3.05, 3.63) is 30.1 Å². The number of hydrogen-bond acceptors (Lipinski definition) is 5. The molecule has 1 aromatic carbocycles. The molecule has 0 radical (unpaired) electrons. The van der Waals surface area contributed by atoms with Crippen LogP contribution in [-0.2, 0) is 19.6 Å². The topological polar surface area (TPSA) is 95.6 Å². The molecule has 156 valence electrons. The molecule has 1 heterocycles. The highest BCUT2D eigenvalue weighted by Gasteiger charge is 2.27. The standard InChI is InChI=1S/C18H26FN3O4S2/c1-27-13-9-15(21-28(25,26)16-7-3-2-6-14(16)19)18(24)20-10-8-17(23)22-11-4-5-12-22/h2-3,6-7,15,21H,4-5,8-13H2,1H3,(H,20,24)/t15-/m0/s1. The monoisotopic (exact) mass is 431 g/mol. The Kier molecular flexibility index (Phi) is 8.71. The van der Waals surface area contributed by atoms with Crippen LogP contribution < -0.4 is 10.0 Å². The van der Waals surface area contributed by atoms with Gasteiger partial charge >= 0.3 is 0 Å². The van der Waals surface area contributed by atoms with Gasteiger partial charge in [0.1, 0.15) is 16.8 Å². The number of amides is 2. The molecule has 7 nitrogen and oxygen atoms in total. The molecule has 2 N–H and O–H groups in total. The lowest BCUT2D eigenvalue weighted by molar-refractivity contribution is -0.130. The molecule has 10 heteroatoms. The lowest BCUT2D eigenvalue weighted by Gasteiger charge is -2.19. The number of halogens is 1. The number of thioether (sulfide) groups is 1. The van der Waals surface area contributed by atoms with E-state index in [1.165, 1.54) is 23.9 Å². The van der Waals surface area contributed by atoms with Crippen molar-refractivity contribution in [3.63, 3.8) is 0 Å². The predicted octanol–water partition coefficient (Wildman–Crippen LogP) is 1.35. The van der Waals surface area contributed by atoms with Gasteiger partial charge in [-0.05, 0) is 43.4 Å². The molecule has 0 unspecified atom stereocenters. The maximum absolute atomic E-state index is 13.9. The van der Waals surface area contributed by atoms with Crippen LogP contribution in [0.4, 0.5) is 4.39 Å². The molecular formula is C18H26FN3O4S2. The van der Waals surface area contributed by atoms with Gasteiger partial charge in [0.15, 0.2) is 0 Å². The minimum atomic E-state index is -4.19. The molecule has 1 aliphatic rings. The van der Waals surface area contributed by atoms with Gasteiger partial charge in [-0.3, -0.25) is 9.59 Å². The van der Waals surface area contributed by atoms with E-state index in [0.717, 1.165) is 38.1 Å². The Balaban J connectivity index is 1.96. The zero-order valence-corrected chi connectivity index (χ0v) is 17.5. The van der Waals surface area contributed by atoms with E-state index in [2.05, 4.69) is 10.0 Å². The number of carbonyl (C=O) groups is 2. The molecule has 1 saturated heterocycles. The van der Waals surface area contributed by atoms with Crippen molar-refractivity contribution in [2.75, 3.05) is 31.6 Å². The highest BCUT2D eigenvalue weighted by Crippen LogP contribution is 2.15. The molecule has 0 bridgehead atoms. The third-order valence-electron chi connectivity index (χ3n) is 4.45. The van der Waals surface area contributed by atoms with Crippen molar-refractivity contribution in [3.8, 4) is 0 Å². The van der Waals surface area contributed by atoms with E-state index in [0.29, 0.717) is 5.75 Å². The Bertz CT molecular complexity index is 783. The molecule has 2 rings (SSSR count). The van der Waals surface area contributed by atoms with Crippen molar-refractivity contribution < 1.29 is 22.4 Å². The molecular weight excluding hydrogens is 405 g/mol. The average molecular weight is 432 g/mol. The molecule has 1 atom stereocenters. The van der Waals surface area contributed by atoms with Gasteiger partial charge in [0, 0.05) is 26.1 Å². The third kappa shape index (κ3) is 6.46. The number of rotatable bonds is 10. The highest BCUT2D eigenvalue weighted by molar-refractivity contribution is 7.98. The summed E-state index contributed by atoms with van der Waals surface area (Å²) >= 11 is 1.47. The first-order chi connectivity index (χ1) is 13.3. The van der Waals surface area contributed by atoms with Gasteiger partial charge in [-0.15, -0.1) is 0 Å². The fourth-order valence-corrected chi connectivity index (χ4v) is 4.71. The largest absolute Gasteiger partial charge is 0.354 e. The first-order valence-electron chi connectivity index (χ1n) is 9.16. The number of hydrogen-bond donors (Lipinski definition) is 2. The minimum Gasteiger partial charge on any atom is -0.354 e. The molecule has 1 aromatic rings. The second kappa shape index (κ2) is 10.8. The van der Waals surface area contributed by atoms with Gasteiger partial charge < -0.3 is 10.2 Å². The lowest BCUT2D eigenvalue weighted by Crippen LogP contribution is -2.47. The van der Waals surface area contributed by atoms with Crippen LogP contribution in [0.1, 0.15) is 25.7 Å². The summed E-state index contributed by atoms with van der Waals surface area (Å²) in [5, 5.41) is 2.62. The van der Waals surface area contributed by atoms with Gasteiger partial charge in [-0.1, -0.05) is 12.1 Å².